The molecule has 2 aromatic rings. The molecule has 0 spiro atoms. The van der Waals surface area contributed by atoms with Crippen LogP contribution >= 0.6 is 11.5 Å². The molecule has 1 unspecified atom stereocenters. The molecule has 25 heavy (non-hydrogen) atoms. The van der Waals surface area contributed by atoms with E-state index in [-0.39, 0.29) is 17.8 Å². The second kappa shape index (κ2) is 8.68. The van der Waals surface area contributed by atoms with Crippen LogP contribution in [0.4, 0.5) is 5.00 Å². The monoisotopic (exact) mass is 362 g/mol. The molecule has 0 radical (unpaired) electrons. The lowest BCUT2D eigenvalue weighted by Crippen LogP contribution is -2.29. The first-order chi connectivity index (χ1) is 12.2. The summed E-state index contributed by atoms with van der Waals surface area (Å²) in [5, 5.41) is 25.0. The summed E-state index contributed by atoms with van der Waals surface area (Å²) in [5.41, 5.74) is 0.391. The number of rotatable bonds is 8. The molecule has 8 heteroatoms. The van der Waals surface area contributed by atoms with Gasteiger partial charge in [0.15, 0.2) is 0 Å². The number of aromatic nitrogens is 1. The van der Waals surface area contributed by atoms with Crippen LogP contribution in [0.2, 0.25) is 0 Å². The first-order valence-corrected chi connectivity index (χ1v) is 9.06. The van der Waals surface area contributed by atoms with Gasteiger partial charge < -0.3 is 25.2 Å². The molecule has 1 aromatic carbocycles. The van der Waals surface area contributed by atoms with Crippen molar-refractivity contribution in [2.24, 2.45) is 0 Å². The molecule has 1 aliphatic rings. The lowest BCUT2D eigenvalue weighted by molar-refractivity contribution is 0.120. The number of aromatic hydroxyl groups is 1. The molecule has 0 bridgehead atoms. The first kappa shape index (κ1) is 17.5. The van der Waals surface area contributed by atoms with Crippen LogP contribution in [0.3, 0.4) is 0 Å². The van der Waals surface area contributed by atoms with E-state index in [9.17, 15) is 5.11 Å². The number of hydrogen-bond acceptors (Lipinski definition) is 7. The van der Waals surface area contributed by atoms with E-state index in [0.29, 0.717) is 30.3 Å². The minimum Gasteiger partial charge on any atom is -0.492 e. The van der Waals surface area contributed by atoms with Gasteiger partial charge in [0.1, 0.15) is 28.8 Å². The average Bonchev–Trinajstić information content (AvgIpc) is 3.27. The topological polar surface area (TPSA) is 99.5 Å². The van der Waals surface area contributed by atoms with Crippen LogP contribution in [0.1, 0.15) is 18.4 Å². The van der Waals surface area contributed by atoms with Crippen LogP contribution in [0.25, 0.3) is 0 Å². The maximum absolute atomic E-state index is 9.94. The van der Waals surface area contributed by atoms with Crippen molar-refractivity contribution in [3.8, 4) is 11.6 Å². The Morgan fingerprint density at radius 2 is 2.24 bits per heavy atom. The highest BCUT2D eigenvalue weighted by Crippen LogP contribution is 2.29. The molecular weight excluding hydrogens is 340 g/mol. The Hall–Kier alpha value is -2.32. The van der Waals surface area contributed by atoms with Crippen LogP contribution in [0.5, 0.6) is 11.6 Å². The van der Waals surface area contributed by atoms with E-state index in [4.69, 9.17) is 14.9 Å². The molecule has 0 amide bonds. The Morgan fingerprint density at radius 3 is 3.00 bits per heavy atom. The molecule has 2 heterocycles. The standard InChI is InChI=1S/C17H22N4O3S/c18-15(19-8-10-24-12-5-2-1-3-6-12)14-16(22)21-25-17(14)20-11-13-7-4-9-23-13/h1-3,5-6,13,20H,4,7-11H2,(H2,18,19)(H,21,22). The van der Waals surface area contributed by atoms with Crippen molar-refractivity contribution in [1.82, 2.24) is 9.69 Å². The molecule has 3 rings (SSSR count). The highest BCUT2D eigenvalue weighted by molar-refractivity contribution is 7.10. The van der Waals surface area contributed by atoms with Crippen LogP contribution < -0.4 is 15.4 Å². The molecule has 1 fully saturated rings. The summed E-state index contributed by atoms with van der Waals surface area (Å²) in [6.45, 7) is 2.32. The molecule has 1 atom stereocenters. The largest absolute Gasteiger partial charge is 0.492 e. The van der Waals surface area contributed by atoms with Gasteiger partial charge in [-0.2, -0.15) is 4.37 Å². The third-order valence-electron chi connectivity index (χ3n) is 3.85. The van der Waals surface area contributed by atoms with E-state index in [2.05, 4.69) is 15.0 Å². The second-order valence-corrected chi connectivity index (χ2v) is 6.46. The lowest BCUT2D eigenvalue weighted by atomic mass is 10.2. The number of para-hydroxylation sites is 1. The predicted octanol–water partition coefficient (Wildman–Crippen LogP) is 2.43. The van der Waals surface area contributed by atoms with Crippen molar-refractivity contribution in [3.63, 3.8) is 0 Å². The van der Waals surface area contributed by atoms with E-state index >= 15 is 0 Å². The van der Waals surface area contributed by atoms with Crippen molar-refractivity contribution in [3.05, 3.63) is 35.9 Å². The second-order valence-electron chi connectivity index (χ2n) is 5.69. The summed E-state index contributed by atoms with van der Waals surface area (Å²) in [6, 6.07) is 9.51. The minimum atomic E-state index is -0.138. The summed E-state index contributed by atoms with van der Waals surface area (Å²) in [6.07, 6.45) is 2.28. The van der Waals surface area contributed by atoms with Crippen LogP contribution in [0.15, 0.2) is 30.3 Å². The molecule has 1 saturated heterocycles. The number of nitrogens with one attached hydrogen (secondary N) is 3. The molecule has 0 aliphatic carbocycles. The number of ether oxygens (including phenoxy) is 2. The highest BCUT2D eigenvalue weighted by atomic mass is 32.1. The Labute approximate surface area is 150 Å². The van der Waals surface area contributed by atoms with Gasteiger partial charge in [-0.05, 0) is 36.5 Å². The molecule has 0 saturated carbocycles. The van der Waals surface area contributed by atoms with Gasteiger partial charge in [0, 0.05) is 13.2 Å². The minimum absolute atomic E-state index is 0.123. The molecule has 4 N–H and O–H groups in total. The molecular formula is C17H22N4O3S. The zero-order valence-corrected chi connectivity index (χ0v) is 14.6. The van der Waals surface area contributed by atoms with Gasteiger partial charge in [0.2, 0.25) is 5.88 Å². The Balaban J connectivity index is 1.48. The maximum atomic E-state index is 9.94. The summed E-state index contributed by atoms with van der Waals surface area (Å²) < 4.78 is 15.1. The van der Waals surface area contributed by atoms with Gasteiger partial charge in [-0.15, -0.1) is 0 Å². The van der Waals surface area contributed by atoms with Crippen molar-refractivity contribution < 1.29 is 14.6 Å². The fourth-order valence-corrected chi connectivity index (χ4v) is 3.29. The molecule has 7 nitrogen and oxygen atoms in total. The van der Waals surface area contributed by atoms with Gasteiger partial charge in [0.05, 0.1) is 12.6 Å². The van der Waals surface area contributed by atoms with E-state index in [1.807, 2.05) is 30.3 Å². The van der Waals surface area contributed by atoms with Gasteiger partial charge >= 0.3 is 0 Å². The highest BCUT2D eigenvalue weighted by Gasteiger charge is 2.20. The number of benzene rings is 1. The number of anilines is 1. The maximum Gasteiger partial charge on any atom is 0.236 e. The number of hydrogen-bond donors (Lipinski definition) is 4. The zero-order valence-electron chi connectivity index (χ0n) is 13.8. The van der Waals surface area contributed by atoms with Crippen molar-refractivity contribution in [2.75, 3.05) is 31.6 Å². The van der Waals surface area contributed by atoms with Gasteiger partial charge in [-0.25, -0.2) is 0 Å². The van der Waals surface area contributed by atoms with Gasteiger partial charge in [-0.1, -0.05) is 18.2 Å². The quantitative estimate of drug-likeness (QED) is 0.327. The van der Waals surface area contributed by atoms with Gasteiger partial charge in [-0.3, -0.25) is 5.41 Å². The van der Waals surface area contributed by atoms with E-state index in [1.54, 1.807) is 0 Å². The van der Waals surface area contributed by atoms with Crippen molar-refractivity contribution in [2.45, 2.75) is 18.9 Å². The Kier molecular flexibility index (Phi) is 6.08. The summed E-state index contributed by atoms with van der Waals surface area (Å²) >= 11 is 1.15. The third kappa shape index (κ3) is 4.83. The normalized spacial score (nSPS) is 16.6. The predicted molar refractivity (Wildman–Crippen MR) is 98.0 cm³/mol. The Bertz CT molecular complexity index is 686. The summed E-state index contributed by atoms with van der Waals surface area (Å²) in [5.74, 6) is 0.772. The first-order valence-electron chi connectivity index (χ1n) is 8.29. The average molecular weight is 362 g/mol. The van der Waals surface area contributed by atoms with E-state index in [1.165, 1.54) is 0 Å². The number of nitrogens with zero attached hydrogens (tertiary/aromatic N) is 1. The van der Waals surface area contributed by atoms with Crippen LogP contribution in [0, 0.1) is 5.41 Å². The molecule has 134 valence electrons. The van der Waals surface area contributed by atoms with Crippen LogP contribution in [-0.2, 0) is 4.74 Å². The van der Waals surface area contributed by atoms with E-state index in [0.717, 1.165) is 36.7 Å². The fraction of sp³-hybridized carbons (Fsp3) is 0.412. The molecule has 1 aliphatic heterocycles. The van der Waals surface area contributed by atoms with Crippen molar-refractivity contribution >= 4 is 22.4 Å². The van der Waals surface area contributed by atoms with Crippen LogP contribution in [-0.4, -0.2) is 47.7 Å². The van der Waals surface area contributed by atoms with Gasteiger partial charge in [0.25, 0.3) is 0 Å². The smallest absolute Gasteiger partial charge is 0.236 e. The Morgan fingerprint density at radius 1 is 1.40 bits per heavy atom. The SMILES string of the molecule is N=C(NCCOc1ccccc1)c1c(O)nsc1NCC1CCCO1. The van der Waals surface area contributed by atoms with E-state index < -0.39 is 0 Å². The lowest BCUT2D eigenvalue weighted by Gasteiger charge is -2.13. The fourth-order valence-electron chi connectivity index (χ4n) is 2.59. The number of amidine groups is 1. The zero-order chi connectivity index (χ0) is 17.5. The third-order valence-corrected chi connectivity index (χ3v) is 4.65. The van der Waals surface area contributed by atoms with Crippen molar-refractivity contribution in [1.29, 1.82) is 5.41 Å². The summed E-state index contributed by atoms with van der Waals surface area (Å²) in [4.78, 5) is 0. The molecule has 1 aromatic heterocycles. The summed E-state index contributed by atoms with van der Waals surface area (Å²) in [7, 11) is 0.